The molecule has 1 heterocycles. The molecule has 0 aliphatic rings. The third-order valence-corrected chi connectivity index (χ3v) is 2.85. The molecule has 0 aromatic carbocycles. The Kier molecular flexibility index (Phi) is 5.39. The van der Waals surface area contributed by atoms with Crippen LogP contribution in [0, 0.1) is 13.8 Å². The Labute approximate surface area is 95.3 Å². The standard InChI is InChI=1S/C10H18N4S/c1-8-9(2)13-14-10(12-8)11-6-4-5-7-15-3/h4-7H2,1-3H3,(H,11,12,14). The number of anilines is 1. The highest BCUT2D eigenvalue weighted by atomic mass is 32.2. The second-order valence-electron chi connectivity index (χ2n) is 3.43. The van der Waals surface area contributed by atoms with Crippen molar-refractivity contribution in [1.29, 1.82) is 0 Å². The van der Waals surface area contributed by atoms with E-state index < -0.39 is 0 Å². The first-order valence-corrected chi connectivity index (χ1v) is 6.54. The number of hydrogen-bond donors (Lipinski definition) is 1. The lowest BCUT2D eigenvalue weighted by atomic mass is 10.3. The number of thioether (sulfide) groups is 1. The van der Waals surface area contributed by atoms with Crippen molar-refractivity contribution in [3.63, 3.8) is 0 Å². The molecule has 0 spiro atoms. The van der Waals surface area contributed by atoms with Gasteiger partial charge in [0.25, 0.3) is 0 Å². The van der Waals surface area contributed by atoms with E-state index >= 15 is 0 Å². The van der Waals surface area contributed by atoms with Gasteiger partial charge in [0.2, 0.25) is 5.95 Å². The predicted molar refractivity (Wildman–Crippen MR) is 65.4 cm³/mol. The summed E-state index contributed by atoms with van der Waals surface area (Å²) < 4.78 is 0. The van der Waals surface area contributed by atoms with Crippen LogP contribution in [0.15, 0.2) is 0 Å². The largest absolute Gasteiger partial charge is 0.353 e. The highest BCUT2D eigenvalue weighted by Crippen LogP contribution is 2.03. The van der Waals surface area contributed by atoms with Crippen molar-refractivity contribution in [2.75, 3.05) is 23.9 Å². The summed E-state index contributed by atoms with van der Waals surface area (Å²) in [6, 6.07) is 0. The smallest absolute Gasteiger partial charge is 0.242 e. The topological polar surface area (TPSA) is 50.7 Å². The van der Waals surface area contributed by atoms with E-state index in [1.165, 1.54) is 12.2 Å². The first-order valence-electron chi connectivity index (χ1n) is 5.14. The number of unbranched alkanes of at least 4 members (excludes halogenated alkanes) is 1. The molecule has 0 saturated carbocycles. The number of rotatable bonds is 6. The number of nitrogens with one attached hydrogen (secondary N) is 1. The molecule has 5 heteroatoms. The molecule has 1 rings (SSSR count). The van der Waals surface area contributed by atoms with Gasteiger partial charge in [-0.05, 0) is 38.7 Å². The average Bonchev–Trinajstić information content (AvgIpc) is 2.23. The van der Waals surface area contributed by atoms with Gasteiger partial charge in [0.05, 0.1) is 11.4 Å². The molecule has 0 amide bonds. The minimum atomic E-state index is 0.641. The summed E-state index contributed by atoms with van der Waals surface area (Å²) in [5, 5.41) is 11.2. The van der Waals surface area contributed by atoms with Crippen LogP contribution in [0.1, 0.15) is 24.2 Å². The van der Waals surface area contributed by atoms with Gasteiger partial charge in [0.1, 0.15) is 0 Å². The van der Waals surface area contributed by atoms with Crippen LogP contribution in [-0.4, -0.2) is 33.7 Å². The Balaban J connectivity index is 2.28. The van der Waals surface area contributed by atoms with Crippen LogP contribution in [0.3, 0.4) is 0 Å². The van der Waals surface area contributed by atoms with Gasteiger partial charge in [-0.1, -0.05) is 0 Å². The highest BCUT2D eigenvalue weighted by Gasteiger charge is 1.99. The van der Waals surface area contributed by atoms with Crippen molar-refractivity contribution in [2.45, 2.75) is 26.7 Å². The number of aromatic nitrogens is 3. The predicted octanol–water partition coefficient (Wildman–Crippen LogP) is 2.04. The zero-order valence-electron chi connectivity index (χ0n) is 9.58. The monoisotopic (exact) mass is 226 g/mol. The van der Waals surface area contributed by atoms with Gasteiger partial charge in [0, 0.05) is 6.54 Å². The molecule has 0 saturated heterocycles. The van der Waals surface area contributed by atoms with Gasteiger partial charge in [-0.25, -0.2) is 4.98 Å². The third-order valence-electron chi connectivity index (χ3n) is 2.15. The van der Waals surface area contributed by atoms with Crippen molar-refractivity contribution in [3.05, 3.63) is 11.4 Å². The van der Waals surface area contributed by atoms with E-state index in [1.54, 1.807) is 0 Å². The Morgan fingerprint density at radius 2 is 1.93 bits per heavy atom. The van der Waals surface area contributed by atoms with E-state index in [9.17, 15) is 0 Å². The van der Waals surface area contributed by atoms with Crippen molar-refractivity contribution in [3.8, 4) is 0 Å². The van der Waals surface area contributed by atoms with Crippen LogP contribution in [-0.2, 0) is 0 Å². The second kappa shape index (κ2) is 6.61. The van der Waals surface area contributed by atoms with E-state index in [-0.39, 0.29) is 0 Å². The molecule has 0 bridgehead atoms. The molecule has 0 aliphatic heterocycles. The molecule has 0 unspecified atom stereocenters. The molecule has 4 nitrogen and oxygen atoms in total. The SMILES string of the molecule is CSCCCCNc1nnc(C)c(C)n1. The number of nitrogens with zero attached hydrogens (tertiary/aromatic N) is 3. The Hall–Kier alpha value is -0.840. The molecule has 0 atom stereocenters. The fraction of sp³-hybridized carbons (Fsp3) is 0.700. The minimum absolute atomic E-state index is 0.641. The quantitative estimate of drug-likeness (QED) is 0.752. The molecule has 0 aliphatic carbocycles. The first-order chi connectivity index (χ1) is 7.24. The first kappa shape index (κ1) is 12.2. The maximum absolute atomic E-state index is 4.30. The number of aryl methyl sites for hydroxylation is 2. The highest BCUT2D eigenvalue weighted by molar-refractivity contribution is 7.98. The van der Waals surface area contributed by atoms with E-state index in [4.69, 9.17) is 0 Å². The van der Waals surface area contributed by atoms with Gasteiger partial charge in [-0.2, -0.15) is 16.9 Å². The van der Waals surface area contributed by atoms with Crippen LogP contribution in [0.25, 0.3) is 0 Å². The molecule has 0 fully saturated rings. The summed E-state index contributed by atoms with van der Waals surface area (Å²) >= 11 is 1.88. The maximum atomic E-state index is 4.30. The molecule has 84 valence electrons. The average molecular weight is 226 g/mol. The van der Waals surface area contributed by atoms with Crippen molar-refractivity contribution >= 4 is 17.7 Å². The molecule has 1 N–H and O–H groups in total. The lowest BCUT2D eigenvalue weighted by molar-refractivity contribution is 0.817. The van der Waals surface area contributed by atoms with Crippen LogP contribution < -0.4 is 5.32 Å². The molecular formula is C10H18N4S. The molecule has 1 aromatic heterocycles. The molecule has 0 radical (unpaired) electrons. The van der Waals surface area contributed by atoms with Gasteiger partial charge in [-0.15, -0.1) is 5.10 Å². The molecular weight excluding hydrogens is 208 g/mol. The van der Waals surface area contributed by atoms with Gasteiger partial charge in [0.15, 0.2) is 0 Å². The Morgan fingerprint density at radius 3 is 2.60 bits per heavy atom. The van der Waals surface area contributed by atoms with Gasteiger partial charge < -0.3 is 5.32 Å². The fourth-order valence-electron chi connectivity index (χ4n) is 1.10. The van der Waals surface area contributed by atoms with Gasteiger partial charge in [-0.3, -0.25) is 0 Å². The lowest BCUT2D eigenvalue weighted by Gasteiger charge is -2.04. The summed E-state index contributed by atoms with van der Waals surface area (Å²) in [6.45, 7) is 4.78. The third kappa shape index (κ3) is 4.46. The van der Waals surface area contributed by atoms with Crippen molar-refractivity contribution < 1.29 is 0 Å². The number of hydrogen-bond acceptors (Lipinski definition) is 5. The normalized spacial score (nSPS) is 10.3. The van der Waals surface area contributed by atoms with E-state index in [0.29, 0.717) is 5.95 Å². The van der Waals surface area contributed by atoms with Crippen LogP contribution in [0.5, 0.6) is 0 Å². The van der Waals surface area contributed by atoms with Crippen LogP contribution >= 0.6 is 11.8 Å². The zero-order valence-corrected chi connectivity index (χ0v) is 10.4. The lowest BCUT2D eigenvalue weighted by Crippen LogP contribution is -2.08. The fourth-order valence-corrected chi connectivity index (χ4v) is 1.60. The molecule has 15 heavy (non-hydrogen) atoms. The summed E-state index contributed by atoms with van der Waals surface area (Å²) in [6.07, 6.45) is 4.51. The van der Waals surface area contributed by atoms with Gasteiger partial charge >= 0.3 is 0 Å². The van der Waals surface area contributed by atoms with Crippen molar-refractivity contribution in [1.82, 2.24) is 15.2 Å². The van der Waals surface area contributed by atoms with Crippen LogP contribution in [0.4, 0.5) is 5.95 Å². The summed E-state index contributed by atoms with van der Waals surface area (Å²) in [7, 11) is 0. The zero-order chi connectivity index (χ0) is 11.1. The molecule has 1 aromatic rings. The van der Waals surface area contributed by atoms with Crippen molar-refractivity contribution in [2.24, 2.45) is 0 Å². The summed E-state index contributed by atoms with van der Waals surface area (Å²) in [4.78, 5) is 4.30. The van der Waals surface area contributed by atoms with E-state index in [2.05, 4.69) is 26.8 Å². The second-order valence-corrected chi connectivity index (χ2v) is 4.42. The van der Waals surface area contributed by atoms with E-state index in [1.807, 2.05) is 25.6 Å². The van der Waals surface area contributed by atoms with E-state index in [0.717, 1.165) is 24.4 Å². The Bertz CT molecular complexity index is 303. The van der Waals surface area contributed by atoms with Crippen LogP contribution in [0.2, 0.25) is 0 Å². The summed E-state index contributed by atoms with van der Waals surface area (Å²) in [5.74, 6) is 1.86. The Morgan fingerprint density at radius 1 is 1.13 bits per heavy atom. The minimum Gasteiger partial charge on any atom is -0.353 e. The maximum Gasteiger partial charge on any atom is 0.242 e. The summed E-state index contributed by atoms with van der Waals surface area (Å²) in [5.41, 5.74) is 1.83.